The highest BCUT2D eigenvalue weighted by molar-refractivity contribution is 14.1. The van der Waals surface area contributed by atoms with E-state index in [0.717, 1.165) is 50.5 Å². The zero-order chi connectivity index (χ0) is 37.1. The molecule has 3 amide bonds. The summed E-state index contributed by atoms with van der Waals surface area (Å²) in [5.41, 5.74) is 8.14. The van der Waals surface area contributed by atoms with Crippen LogP contribution in [0.25, 0.3) is 0 Å². The van der Waals surface area contributed by atoms with Gasteiger partial charge in [-0.3, -0.25) is 14.4 Å². The van der Waals surface area contributed by atoms with E-state index >= 15 is 0 Å². The fourth-order valence-corrected chi connectivity index (χ4v) is 14.9. The highest BCUT2D eigenvalue weighted by Crippen LogP contribution is 2.77. The van der Waals surface area contributed by atoms with Crippen molar-refractivity contribution in [2.75, 3.05) is 6.54 Å². The number of alkyl halides is 1. The van der Waals surface area contributed by atoms with Gasteiger partial charge in [-0.1, -0.05) is 74.9 Å². The van der Waals surface area contributed by atoms with Crippen LogP contribution in [-0.2, 0) is 16.0 Å². The number of amides is 3. The van der Waals surface area contributed by atoms with Gasteiger partial charge in [0.25, 0.3) is 5.91 Å². The van der Waals surface area contributed by atoms with E-state index in [1.807, 2.05) is 25.1 Å². The van der Waals surface area contributed by atoms with Crippen molar-refractivity contribution in [3.63, 3.8) is 0 Å². The highest BCUT2D eigenvalue weighted by Gasteiger charge is 2.72. The summed E-state index contributed by atoms with van der Waals surface area (Å²) >= 11 is 2.95. The van der Waals surface area contributed by atoms with Gasteiger partial charge in [0.15, 0.2) is 0 Å². The Morgan fingerprint density at radius 2 is 1.75 bits per heavy atom. The van der Waals surface area contributed by atoms with Crippen LogP contribution in [0.4, 0.5) is 0 Å². The molecule has 0 aromatic heterocycles. The molecular weight excluding hydrogens is 749 g/mol. The Balaban J connectivity index is 1.21. The van der Waals surface area contributed by atoms with Crippen LogP contribution in [0.5, 0.6) is 0 Å². The quantitative estimate of drug-likeness (QED) is 0.109. The second kappa shape index (κ2) is 14.0. The molecule has 11 unspecified atom stereocenters. The lowest BCUT2D eigenvalue weighted by molar-refractivity contribution is -0.204. The molecule has 5 aliphatic rings. The van der Waals surface area contributed by atoms with Crippen molar-refractivity contribution in [3.8, 4) is 0 Å². The summed E-state index contributed by atoms with van der Waals surface area (Å²) in [6.45, 7) is 18.7. The standard InChI is InChI=1S/C43H64IN3O4/c1-8-31(36(45)49)47-37(50)29-11-9-10-27(25-29)17-23-46-38(51)42-20-14-28(24-26(2)3)35(42)30-12-13-33-40(6)18-16-34(48)39(4,5)32(40)15-19-41(33,7)43(30,44)22-21-42/h9-11,25,28,30-35,48H,2,8,12-24H2,1,3-7H3,(H2,45,49)(H,46,51)(H,47,50). The number of aliphatic hydroxyl groups is 1. The second-order valence-corrected chi connectivity index (χ2v) is 20.6. The molecule has 0 aliphatic heterocycles. The van der Waals surface area contributed by atoms with Gasteiger partial charge in [0, 0.05) is 15.5 Å². The van der Waals surface area contributed by atoms with Crippen LogP contribution in [0.1, 0.15) is 135 Å². The van der Waals surface area contributed by atoms with E-state index in [4.69, 9.17) is 5.73 Å². The van der Waals surface area contributed by atoms with Crippen molar-refractivity contribution >= 4 is 40.3 Å². The molecule has 6 rings (SSSR count). The molecule has 5 fully saturated rings. The summed E-state index contributed by atoms with van der Waals surface area (Å²) in [4.78, 5) is 39.2. The van der Waals surface area contributed by atoms with Crippen LogP contribution in [0.2, 0.25) is 0 Å². The van der Waals surface area contributed by atoms with Crippen LogP contribution >= 0.6 is 22.6 Å². The van der Waals surface area contributed by atoms with Crippen molar-refractivity contribution in [2.24, 2.45) is 57.0 Å². The van der Waals surface area contributed by atoms with Gasteiger partial charge in [0.05, 0.1) is 11.5 Å². The molecule has 0 saturated heterocycles. The molecule has 7 nitrogen and oxygen atoms in total. The van der Waals surface area contributed by atoms with Gasteiger partial charge in [0.2, 0.25) is 11.8 Å². The Morgan fingerprint density at radius 1 is 1.00 bits per heavy atom. The number of aliphatic hydroxyl groups excluding tert-OH is 1. The average molecular weight is 814 g/mol. The number of halogens is 1. The van der Waals surface area contributed by atoms with Gasteiger partial charge in [-0.2, -0.15) is 0 Å². The van der Waals surface area contributed by atoms with Crippen molar-refractivity contribution in [2.45, 2.75) is 141 Å². The van der Waals surface area contributed by atoms with Crippen LogP contribution in [0, 0.1) is 51.2 Å². The van der Waals surface area contributed by atoms with E-state index < -0.39 is 11.9 Å². The lowest BCUT2D eigenvalue weighted by Gasteiger charge is -2.72. The summed E-state index contributed by atoms with van der Waals surface area (Å²) in [6.07, 6.45) is 12.7. The van der Waals surface area contributed by atoms with Crippen LogP contribution < -0.4 is 16.4 Å². The van der Waals surface area contributed by atoms with Gasteiger partial charge in [-0.25, -0.2) is 0 Å². The van der Waals surface area contributed by atoms with E-state index in [9.17, 15) is 19.5 Å². The van der Waals surface area contributed by atoms with E-state index in [0.29, 0.717) is 54.5 Å². The lowest BCUT2D eigenvalue weighted by atomic mass is 9.36. The van der Waals surface area contributed by atoms with E-state index in [1.54, 1.807) is 6.07 Å². The first-order chi connectivity index (χ1) is 23.9. The van der Waals surface area contributed by atoms with Crippen LogP contribution in [-0.4, -0.2) is 44.9 Å². The first-order valence-corrected chi connectivity index (χ1v) is 21.0. The Hall–Kier alpha value is -1.94. The summed E-state index contributed by atoms with van der Waals surface area (Å²) in [7, 11) is 0. The molecule has 0 heterocycles. The third-order valence-electron chi connectivity index (χ3n) is 15.8. The molecule has 0 spiro atoms. The fraction of sp³-hybridized carbons (Fsp3) is 0.744. The number of carbonyl (C=O) groups is 3. The van der Waals surface area contributed by atoms with Crippen LogP contribution in [0.15, 0.2) is 36.4 Å². The number of rotatable bonds is 10. The molecule has 1 aromatic carbocycles. The van der Waals surface area contributed by atoms with Gasteiger partial charge in [-0.15, -0.1) is 6.58 Å². The maximum absolute atomic E-state index is 14.6. The van der Waals surface area contributed by atoms with Crippen molar-refractivity contribution in [1.82, 2.24) is 10.6 Å². The van der Waals surface area contributed by atoms with Crippen molar-refractivity contribution in [1.29, 1.82) is 0 Å². The molecule has 1 aromatic rings. The number of allylic oxidation sites excluding steroid dienone is 1. The molecule has 5 saturated carbocycles. The smallest absolute Gasteiger partial charge is 0.251 e. The Kier molecular flexibility index (Phi) is 10.7. The number of benzene rings is 1. The second-order valence-electron chi connectivity index (χ2n) is 18.7. The van der Waals surface area contributed by atoms with E-state index in [2.05, 4.69) is 74.4 Å². The largest absolute Gasteiger partial charge is 0.393 e. The number of nitrogens with one attached hydrogen (secondary N) is 2. The summed E-state index contributed by atoms with van der Waals surface area (Å²) < 4.78 is 0.139. The third kappa shape index (κ3) is 6.32. The molecule has 51 heavy (non-hydrogen) atoms. The lowest BCUT2D eigenvalue weighted by Crippen LogP contribution is -2.69. The number of primary amides is 1. The number of hydrogen-bond acceptors (Lipinski definition) is 4. The molecule has 11 atom stereocenters. The Bertz CT molecular complexity index is 1540. The predicted octanol–water partition coefficient (Wildman–Crippen LogP) is 7.92. The molecule has 0 radical (unpaired) electrons. The fourth-order valence-electron chi connectivity index (χ4n) is 13.3. The monoisotopic (exact) mass is 813 g/mol. The van der Waals surface area contributed by atoms with E-state index in [1.165, 1.54) is 31.3 Å². The maximum Gasteiger partial charge on any atom is 0.251 e. The number of nitrogens with two attached hydrogens (primary N) is 1. The molecule has 5 N–H and O–H groups in total. The van der Waals surface area contributed by atoms with Gasteiger partial charge in [0.1, 0.15) is 6.04 Å². The van der Waals surface area contributed by atoms with Gasteiger partial charge < -0.3 is 21.5 Å². The number of carbonyl (C=O) groups excluding carboxylic acids is 3. The topological polar surface area (TPSA) is 122 Å². The Labute approximate surface area is 320 Å². The average Bonchev–Trinajstić information content (AvgIpc) is 3.44. The van der Waals surface area contributed by atoms with Gasteiger partial charge >= 0.3 is 0 Å². The number of fused-ring (bicyclic) bond motifs is 7. The van der Waals surface area contributed by atoms with E-state index in [-0.39, 0.29) is 43.0 Å². The molecule has 8 heteroatoms. The number of hydrogen-bond donors (Lipinski definition) is 4. The molecule has 5 aliphatic carbocycles. The van der Waals surface area contributed by atoms with Crippen LogP contribution in [0.3, 0.4) is 0 Å². The first-order valence-electron chi connectivity index (χ1n) is 19.9. The minimum atomic E-state index is -0.700. The van der Waals surface area contributed by atoms with Crippen molar-refractivity contribution < 1.29 is 19.5 Å². The molecular formula is C43H64IN3O4. The summed E-state index contributed by atoms with van der Waals surface area (Å²) in [5.74, 6) is 1.86. The minimum absolute atomic E-state index is 0.0573. The zero-order valence-electron chi connectivity index (χ0n) is 32.1. The zero-order valence-corrected chi connectivity index (χ0v) is 34.2. The highest BCUT2D eigenvalue weighted by atomic mass is 127. The first kappa shape index (κ1) is 38.8. The Morgan fingerprint density at radius 3 is 2.43 bits per heavy atom. The normalized spacial score (nSPS) is 40.1. The summed E-state index contributed by atoms with van der Waals surface area (Å²) in [5, 5.41) is 17.3. The maximum atomic E-state index is 14.6. The van der Waals surface area contributed by atoms with Gasteiger partial charge in [-0.05, 0) is 154 Å². The molecule has 0 bridgehead atoms. The SMILES string of the molecule is C=C(C)CC1CCC2(C(=O)NCCc3cccc(C(=O)NC(CC)C(N)=O)c3)CCC3(I)C(CCC4C5(C)CCC(O)C(C)(C)C5CCC43C)C12. The predicted molar refractivity (Wildman–Crippen MR) is 212 cm³/mol. The van der Waals surface area contributed by atoms with Crippen molar-refractivity contribution in [3.05, 3.63) is 47.5 Å². The third-order valence-corrected chi connectivity index (χ3v) is 18.4. The summed E-state index contributed by atoms with van der Waals surface area (Å²) in [6, 6.07) is 6.74. The minimum Gasteiger partial charge on any atom is -0.393 e. The molecule has 282 valence electrons.